The summed E-state index contributed by atoms with van der Waals surface area (Å²) >= 11 is 1.64. The molecule has 1 N–H and O–H groups in total. The quantitative estimate of drug-likeness (QED) is 0.528. The Morgan fingerprint density at radius 2 is 1.91 bits per heavy atom. The van der Waals surface area contributed by atoms with Gasteiger partial charge in [0.2, 0.25) is 5.91 Å². The average molecular weight is 464 g/mol. The second-order valence-corrected chi connectivity index (χ2v) is 9.51. The van der Waals surface area contributed by atoms with Crippen LogP contribution in [0, 0.1) is 20.8 Å². The molecule has 0 fully saturated rings. The molecule has 1 aromatic heterocycles. The molecule has 1 atom stereocenters. The highest BCUT2D eigenvalue weighted by atomic mass is 32.1. The third kappa shape index (κ3) is 4.78. The first-order chi connectivity index (χ1) is 15.8. The molecular weight excluding hydrogens is 434 g/mol. The van der Waals surface area contributed by atoms with Gasteiger partial charge in [-0.1, -0.05) is 24.6 Å². The third-order valence-corrected chi connectivity index (χ3v) is 6.63. The number of anilines is 2. The van der Waals surface area contributed by atoms with Crippen LogP contribution in [0.2, 0.25) is 0 Å². The highest BCUT2D eigenvalue weighted by Gasteiger charge is 2.33. The Morgan fingerprint density at radius 1 is 1.18 bits per heavy atom. The summed E-state index contributed by atoms with van der Waals surface area (Å²) in [6.07, 6.45) is 1.33. The fourth-order valence-corrected chi connectivity index (χ4v) is 5.11. The van der Waals surface area contributed by atoms with Gasteiger partial charge in [0.05, 0.1) is 16.4 Å². The van der Waals surface area contributed by atoms with Gasteiger partial charge in [-0.2, -0.15) is 0 Å². The Kier molecular flexibility index (Phi) is 6.51. The zero-order valence-electron chi connectivity index (χ0n) is 19.7. The van der Waals surface area contributed by atoms with Gasteiger partial charge in [-0.3, -0.25) is 14.5 Å². The van der Waals surface area contributed by atoms with E-state index in [-0.39, 0.29) is 18.4 Å². The van der Waals surface area contributed by atoms with Crippen molar-refractivity contribution in [3.63, 3.8) is 0 Å². The van der Waals surface area contributed by atoms with E-state index in [4.69, 9.17) is 9.72 Å². The number of aromatic nitrogens is 1. The summed E-state index contributed by atoms with van der Waals surface area (Å²) in [5.41, 5.74) is 6.29. The number of hydrogen-bond acceptors (Lipinski definition) is 5. The van der Waals surface area contributed by atoms with E-state index in [2.05, 4.69) is 12.2 Å². The minimum Gasteiger partial charge on any atom is -0.479 e. The van der Waals surface area contributed by atoms with Crippen LogP contribution in [0.4, 0.5) is 11.4 Å². The number of aryl methyl sites for hydroxylation is 4. The van der Waals surface area contributed by atoms with Gasteiger partial charge in [0, 0.05) is 16.6 Å². The first kappa shape index (κ1) is 23.0. The van der Waals surface area contributed by atoms with Gasteiger partial charge in [-0.05, 0) is 69.9 Å². The van der Waals surface area contributed by atoms with Crippen LogP contribution in [-0.4, -0.2) is 29.4 Å². The topological polar surface area (TPSA) is 71.5 Å². The molecule has 4 rings (SSSR count). The average Bonchev–Trinajstić information content (AvgIpc) is 3.22. The number of carbonyl (C=O) groups is 2. The molecule has 2 aromatic carbocycles. The molecule has 1 unspecified atom stereocenters. The van der Waals surface area contributed by atoms with Gasteiger partial charge >= 0.3 is 0 Å². The Hall–Kier alpha value is -3.19. The SMILES string of the molecule is CCCc1nc(-c2ccc3c(c2)N(CC(=O)Nc2c(C)cc(C)cc2C)C(=O)C(C)O3)cs1. The molecule has 0 bridgehead atoms. The van der Waals surface area contributed by atoms with Crippen LogP contribution in [0.1, 0.15) is 42.0 Å². The van der Waals surface area contributed by atoms with E-state index in [1.54, 1.807) is 18.3 Å². The van der Waals surface area contributed by atoms with Crippen molar-refractivity contribution in [3.05, 3.63) is 57.4 Å². The molecule has 3 aromatic rings. The molecule has 0 saturated heterocycles. The van der Waals surface area contributed by atoms with Crippen molar-refractivity contribution in [2.45, 2.75) is 53.6 Å². The lowest BCUT2D eigenvalue weighted by Crippen LogP contribution is -2.47. The number of benzene rings is 2. The summed E-state index contributed by atoms with van der Waals surface area (Å²) in [6.45, 7) is 9.72. The van der Waals surface area contributed by atoms with E-state index in [1.165, 1.54) is 4.90 Å². The monoisotopic (exact) mass is 463 g/mol. The van der Waals surface area contributed by atoms with Crippen LogP contribution in [-0.2, 0) is 16.0 Å². The third-order valence-electron chi connectivity index (χ3n) is 5.72. The number of ether oxygens (including phenoxy) is 1. The number of nitrogens with one attached hydrogen (secondary N) is 1. The normalized spacial score (nSPS) is 15.2. The maximum atomic E-state index is 13.0. The fourth-order valence-electron chi connectivity index (χ4n) is 4.20. The number of nitrogens with zero attached hydrogens (tertiary/aromatic N) is 2. The molecule has 7 heteroatoms. The summed E-state index contributed by atoms with van der Waals surface area (Å²) < 4.78 is 5.82. The summed E-state index contributed by atoms with van der Waals surface area (Å²) in [6, 6.07) is 9.76. The first-order valence-electron chi connectivity index (χ1n) is 11.2. The summed E-state index contributed by atoms with van der Waals surface area (Å²) in [7, 11) is 0. The summed E-state index contributed by atoms with van der Waals surface area (Å²) in [5.74, 6) is 0.102. The van der Waals surface area contributed by atoms with Crippen LogP contribution in [0.3, 0.4) is 0 Å². The Balaban J connectivity index is 1.62. The van der Waals surface area contributed by atoms with Gasteiger partial charge in [0.1, 0.15) is 12.3 Å². The molecular formula is C26H29N3O3S. The maximum Gasteiger partial charge on any atom is 0.268 e. The van der Waals surface area contributed by atoms with Crippen molar-refractivity contribution in [1.82, 2.24) is 4.98 Å². The number of rotatable bonds is 6. The van der Waals surface area contributed by atoms with Crippen molar-refractivity contribution in [2.24, 2.45) is 0 Å². The zero-order chi connectivity index (χ0) is 23.7. The molecule has 6 nitrogen and oxygen atoms in total. The molecule has 2 amide bonds. The first-order valence-corrected chi connectivity index (χ1v) is 12.1. The fraction of sp³-hybridized carbons (Fsp3) is 0.346. The number of fused-ring (bicyclic) bond motifs is 1. The smallest absolute Gasteiger partial charge is 0.268 e. The minimum absolute atomic E-state index is 0.0894. The highest BCUT2D eigenvalue weighted by Crippen LogP contribution is 2.38. The predicted molar refractivity (Wildman–Crippen MR) is 133 cm³/mol. The van der Waals surface area contributed by atoms with E-state index in [1.807, 2.05) is 56.5 Å². The molecule has 1 aliphatic rings. The summed E-state index contributed by atoms with van der Waals surface area (Å²) in [4.78, 5) is 32.2. The summed E-state index contributed by atoms with van der Waals surface area (Å²) in [5, 5.41) is 6.12. The maximum absolute atomic E-state index is 13.0. The molecule has 0 radical (unpaired) electrons. The van der Waals surface area contributed by atoms with Crippen molar-refractivity contribution in [2.75, 3.05) is 16.8 Å². The molecule has 172 valence electrons. The van der Waals surface area contributed by atoms with E-state index < -0.39 is 6.10 Å². The van der Waals surface area contributed by atoms with Crippen LogP contribution in [0.5, 0.6) is 5.75 Å². The Labute approximate surface area is 198 Å². The van der Waals surface area contributed by atoms with Gasteiger partial charge < -0.3 is 10.1 Å². The van der Waals surface area contributed by atoms with Gasteiger partial charge in [-0.25, -0.2) is 4.98 Å². The molecule has 2 heterocycles. The second kappa shape index (κ2) is 9.35. The predicted octanol–water partition coefficient (Wildman–Crippen LogP) is 5.44. The highest BCUT2D eigenvalue weighted by molar-refractivity contribution is 7.09. The number of amides is 2. The Bertz CT molecular complexity index is 1190. The van der Waals surface area contributed by atoms with Crippen molar-refractivity contribution < 1.29 is 14.3 Å². The lowest BCUT2D eigenvalue weighted by Gasteiger charge is -2.33. The van der Waals surface area contributed by atoms with Crippen LogP contribution in [0.25, 0.3) is 11.3 Å². The van der Waals surface area contributed by atoms with Crippen molar-refractivity contribution in [1.29, 1.82) is 0 Å². The molecule has 0 saturated carbocycles. The largest absolute Gasteiger partial charge is 0.479 e. The minimum atomic E-state index is -0.658. The number of thiazole rings is 1. The zero-order valence-corrected chi connectivity index (χ0v) is 20.5. The second-order valence-electron chi connectivity index (χ2n) is 8.57. The van der Waals surface area contributed by atoms with Crippen LogP contribution < -0.4 is 15.0 Å². The lowest BCUT2D eigenvalue weighted by atomic mass is 10.0. The molecule has 33 heavy (non-hydrogen) atoms. The van der Waals surface area contributed by atoms with Crippen molar-refractivity contribution >= 4 is 34.5 Å². The lowest BCUT2D eigenvalue weighted by molar-refractivity contribution is -0.127. The van der Waals surface area contributed by atoms with E-state index >= 15 is 0 Å². The van der Waals surface area contributed by atoms with Crippen LogP contribution in [0.15, 0.2) is 35.7 Å². The van der Waals surface area contributed by atoms with Gasteiger partial charge in [0.25, 0.3) is 5.91 Å². The van der Waals surface area contributed by atoms with E-state index in [0.29, 0.717) is 11.4 Å². The van der Waals surface area contributed by atoms with E-state index in [9.17, 15) is 9.59 Å². The van der Waals surface area contributed by atoms with Gasteiger partial charge in [0.15, 0.2) is 6.10 Å². The van der Waals surface area contributed by atoms with Crippen LogP contribution >= 0.6 is 11.3 Å². The standard InChI is InChI=1S/C26H29N3O3S/c1-6-7-24-27-20(14-33-24)19-8-9-22-21(12-19)29(26(31)18(5)32-22)13-23(30)28-25-16(3)10-15(2)11-17(25)4/h8-12,14,18H,6-7,13H2,1-5H3,(H,28,30). The van der Waals surface area contributed by atoms with Gasteiger partial charge in [-0.15, -0.1) is 11.3 Å². The molecule has 0 spiro atoms. The number of hydrogen-bond donors (Lipinski definition) is 1. The molecule has 1 aliphatic heterocycles. The Morgan fingerprint density at radius 3 is 2.61 bits per heavy atom. The van der Waals surface area contributed by atoms with Crippen molar-refractivity contribution in [3.8, 4) is 17.0 Å². The van der Waals surface area contributed by atoms with E-state index in [0.717, 1.165) is 51.5 Å². The molecule has 0 aliphatic carbocycles. The number of carbonyl (C=O) groups excluding carboxylic acids is 2.